The van der Waals surface area contributed by atoms with Gasteiger partial charge in [-0.05, 0) is 24.3 Å². The van der Waals surface area contributed by atoms with E-state index < -0.39 is 10.7 Å². The van der Waals surface area contributed by atoms with Crippen molar-refractivity contribution in [1.29, 1.82) is 5.26 Å². The average molecular weight is 351 g/mol. The highest BCUT2D eigenvalue weighted by Crippen LogP contribution is 2.27. The van der Waals surface area contributed by atoms with Crippen molar-refractivity contribution in [2.24, 2.45) is 0 Å². The Hall–Kier alpha value is -2.46. The van der Waals surface area contributed by atoms with Crippen LogP contribution in [0.15, 0.2) is 40.9 Å². The maximum absolute atomic E-state index is 13.2. The zero-order valence-electron chi connectivity index (χ0n) is 10.5. The molecule has 0 aliphatic carbocycles. The number of nitriles is 1. The van der Waals surface area contributed by atoms with Crippen LogP contribution in [-0.4, -0.2) is 4.92 Å². The molecule has 0 aromatic heterocycles. The fraction of sp³-hybridized carbons (Fsp3) is 0.0714. The maximum atomic E-state index is 13.2. The highest BCUT2D eigenvalue weighted by molar-refractivity contribution is 9.10. The average Bonchev–Trinajstić information content (AvgIpc) is 2.44. The number of rotatable bonds is 4. The van der Waals surface area contributed by atoms with Crippen LogP contribution in [0.1, 0.15) is 11.1 Å². The van der Waals surface area contributed by atoms with Crippen LogP contribution in [0, 0.1) is 27.3 Å². The molecule has 2 rings (SSSR count). The minimum absolute atomic E-state index is 0.0612. The number of benzene rings is 2. The summed E-state index contributed by atoms with van der Waals surface area (Å²) in [5.74, 6) is -0.225. The van der Waals surface area contributed by atoms with Gasteiger partial charge in [-0.3, -0.25) is 10.1 Å². The molecule has 5 nitrogen and oxygen atoms in total. The predicted molar refractivity (Wildman–Crippen MR) is 76.2 cm³/mol. The summed E-state index contributed by atoms with van der Waals surface area (Å²) in [4.78, 5) is 10.2. The largest absolute Gasteiger partial charge is 0.489 e. The molecule has 0 spiro atoms. The SMILES string of the molecule is N#Cc1ccc(F)cc1COc1cc(Br)cc([N+](=O)[O-])c1. The lowest BCUT2D eigenvalue weighted by atomic mass is 10.1. The zero-order valence-corrected chi connectivity index (χ0v) is 12.1. The third-order valence-corrected chi connectivity index (χ3v) is 3.11. The van der Waals surface area contributed by atoms with Gasteiger partial charge in [0, 0.05) is 16.1 Å². The standard InChI is InChI=1S/C14H8BrFN2O3/c15-11-4-13(18(19)20)6-14(5-11)21-8-10-3-12(16)2-1-9(10)7-17/h1-6H,8H2. The lowest BCUT2D eigenvalue weighted by Crippen LogP contribution is -2.00. The van der Waals surface area contributed by atoms with E-state index in [-0.39, 0.29) is 18.0 Å². The van der Waals surface area contributed by atoms with E-state index in [1.54, 1.807) is 6.07 Å². The third kappa shape index (κ3) is 3.77. The second-order valence-corrected chi connectivity index (χ2v) is 5.02. The second kappa shape index (κ2) is 6.33. The van der Waals surface area contributed by atoms with Crippen LogP contribution in [0.5, 0.6) is 5.75 Å². The molecular weight excluding hydrogens is 343 g/mol. The van der Waals surface area contributed by atoms with E-state index in [4.69, 9.17) is 10.00 Å². The fourth-order valence-corrected chi connectivity index (χ4v) is 2.15. The van der Waals surface area contributed by atoms with E-state index in [1.807, 2.05) is 6.07 Å². The van der Waals surface area contributed by atoms with Gasteiger partial charge in [-0.1, -0.05) is 15.9 Å². The summed E-state index contributed by atoms with van der Waals surface area (Å²) in [5, 5.41) is 19.7. The van der Waals surface area contributed by atoms with Crippen LogP contribution in [0.2, 0.25) is 0 Å². The lowest BCUT2D eigenvalue weighted by molar-refractivity contribution is -0.385. The summed E-state index contributed by atoms with van der Waals surface area (Å²) in [6, 6.07) is 9.84. The number of ether oxygens (including phenoxy) is 1. The maximum Gasteiger partial charge on any atom is 0.274 e. The summed E-state index contributed by atoms with van der Waals surface area (Å²) in [6.45, 7) is -0.0612. The summed E-state index contributed by atoms with van der Waals surface area (Å²) < 4.78 is 19.1. The molecule has 0 radical (unpaired) electrons. The lowest BCUT2D eigenvalue weighted by Gasteiger charge is -2.08. The Bertz CT molecular complexity index is 743. The third-order valence-electron chi connectivity index (χ3n) is 2.65. The number of nitro benzene ring substituents is 1. The Morgan fingerprint density at radius 3 is 2.76 bits per heavy atom. The van der Waals surface area contributed by atoms with Crippen LogP contribution in [-0.2, 0) is 6.61 Å². The van der Waals surface area contributed by atoms with Crippen molar-refractivity contribution in [2.75, 3.05) is 0 Å². The van der Waals surface area contributed by atoms with Gasteiger partial charge >= 0.3 is 0 Å². The highest BCUT2D eigenvalue weighted by Gasteiger charge is 2.11. The number of hydrogen-bond donors (Lipinski definition) is 0. The van der Waals surface area contributed by atoms with E-state index in [9.17, 15) is 14.5 Å². The summed E-state index contributed by atoms with van der Waals surface area (Å²) in [5.41, 5.74) is 0.542. The molecule has 0 bridgehead atoms. The van der Waals surface area contributed by atoms with Crippen LogP contribution >= 0.6 is 15.9 Å². The Kier molecular flexibility index (Phi) is 4.50. The number of hydrogen-bond acceptors (Lipinski definition) is 4. The molecule has 106 valence electrons. The fourth-order valence-electron chi connectivity index (χ4n) is 1.69. The van der Waals surface area contributed by atoms with Gasteiger partial charge in [0.2, 0.25) is 0 Å². The van der Waals surface area contributed by atoms with Gasteiger partial charge in [0.05, 0.1) is 22.6 Å². The zero-order chi connectivity index (χ0) is 15.4. The molecule has 0 atom stereocenters. The molecule has 0 N–H and O–H groups in total. The number of nitrogens with zero attached hydrogens (tertiary/aromatic N) is 2. The molecule has 0 amide bonds. The Balaban J connectivity index is 2.23. The molecule has 7 heteroatoms. The van der Waals surface area contributed by atoms with Gasteiger partial charge in [0.25, 0.3) is 5.69 Å². The molecule has 0 saturated carbocycles. The van der Waals surface area contributed by atoms with Gasteiger partial charge in [0.1, 0.15) is 18.2 Å². The summed E-state index contributed by atoms with van der Waals surface area (Å²) >= 11 is 3.15. The molecule has 2 aromatic carbocycles. The van der Waals surface area contributed by atoms with Crippen molar-refractivity contribution < 1.29 is 14.1 Å². The molecule has 0 unspecified atom stereocenters. The van der Waals surface area contributed by atoms with Crippen molar-refractivity contribution >= 4 is 21.6 Å². The molecule has 0 aliphatic heterocycles. The van der Waals surface area contributed by atoms with E-state index in [0.717, 1.165) is 0 Å². The summed E-state index contributed by atoms with van der Waals surface area (Å²) in [6.07, 6.45) is 0. The first kappa shape index (κ1) is 14.9. The van der Waals surface area contributed by atoms with Crippen LogP contribution in [0.4, 0.5) is 10.1 Å². The van der Waals surface area contributed by atoms with Gasteiger partial charge in [-0.2, -0.15) is 5.26 Å². The molecular formula is C14H8BrFN2O3. The van der Waals surface area contributed by atoms with Crippen molar-refractivity contribution in [3.8, 4) is 11.8 Å². The first-order chi connectivity index (χ1) is 9.99. The normalized spacial score (nSPS) is 9.95. The van der Waals surface area contributed by atoms with Crippen molar-refractivity contribution in [3.05, 3.63) is 67.9 Å². The quantitative estimate of drug-likeness (QED) is 0.617. The Morgan fingerprint density at radius 1 is 1.33 bits per heavy atom. The first-order valence-corrected chi connectivity index (χ1v) is 6.55. The van der Waals surface area contributed by atoms with Crippen LogP contribution < -0.4 is 4.74 Å². The van der Waals surface area contributed by atoms with Crippen LogP contribution in [0.25, 0.3) is 0 Å². The molecule has 21 heavy (non-hydrogen) atoms. The van der Waals surface area contributed by atoms with Crippen molar-refractivity contribution in [2.45, 2.75) is 6.61 Å². The minimum Gasteiger partial charge on any atom is -0.489 e. The first-order valence-electron chi connectivity index (χ1n) is 5.76. The van der Waals surface area contributed by atoms with E-state index >= 15 is 0 Å². The van der Waals surface area contributed by atoms with Gasteiger partial charge < -0.3 is 4.74 Å². The van der Waals surface area contributed by atoms with Crippen molar-refractivity contribution in [3.63, 3.8) is 0 Å². The van der Waals surface area contributed by atoms with Gasteiger partial charge in [-0.15, -0.1) is 0 Å². The second-order valence-electron chi connectivity index (χ2n) is 4.10. The minimum atomic E-state index is -0.541. The number of nitro groups is 1. The van der Waals surface area contributed by atoms with Crippen molar-refractivity contribution in [1.82, 2.24) is 0 Å². The smallest absolute Gasteiger partial charge is 0.274 e. The predicted octanol–water partition coefficient (Wildman–Crippen LogP) is 3.95. The number of non-ortho nitro benzene ring substituents is 1. The topological polar surface area (TPSA) is 76.2 Å². The van der Waals surface area contributed by atoms with Crippen LogP contribution in [0.3, 0.4) is 0 Å². The molecule has 0 heterocycles. The Labute approximate surface area is 127 Å². The van der Waals surface area contributed by atoms with E-state index in [0.29, 0.717) is 15.6 Å². The molecule has 2 aromatic rings. The van der Waals surface area contributed by atoms with E-state index in [1.165, 1.54) is 30.3 Å². The van der Waals surface area contributed by atoms with Gasteiger partial charge in [-0.25, -0.2) is 4.39 Å². The molecule has 0 fully saturated rings. The molecule has 0 saturated heterocycles. The van der Waals surface area contributed by atoms with Gasteiger partial charge in [0.15, 0.2) is 0 Å². The highest BCUT2D eigenvalue weighted by atomic mass is 79.9. The van der Waals surface area contributed by atoms with E-state index in [2.05, 4.69) is 15.9 Å². The monoisotopic (exact) mass is 350 g/mol. The number of halogens is 2. The Morgan fingerprint density at radius 2 is 2.10 bits per heavy atom. The molecule has 0 aliphatic rings. The summed E-state index contributed by atoms with van der Waals surface area (Å²) in [7, 11) is 0.